The summed E-state index contributed by atoms with van der Waals surface area (Å²) in [5, 5.41) is 6.46. The van der Waals surface area contributed by atoms with E-state index in [-0.39, 0.29) is 12.0 Å². The minimum Gasteiger partial charge on any atom is -0.379 e. The maximum atomic E-state index is 12.3. The first-order chi connectivity index (χ1) is 14.7. The molecule has 0 radical (unpaired) electrons. The molecule has 0 aromatic heterocycles. The van der Waals surface area contributed by atoms with Crippen molar-refractivity contribution in [2.24, 2.45) is 4.99 Å². The third kappa shape index (κ3) is 5.30. The van der Waals surface area contributed by atoms with Gasteiger partial charge >= 0.3 is 0 Å². The molecule has 2 atom stereocenters. The number of nitrogens with zero attached hydrogens (tertiary/aromatic N) is 3. The molecule has 3 fully saturated rings. The number of hydrogen-bond donors (Lipinski definition) is 2. The van der Waals surface area contributed by atoms with Gasteiger partial charge in [-0.25, -0.2) is 0 Å². The van der Waals surface area contributed by atoms with Crippen molar-refractivity contribution in [1.82, 2.24) is 15.1 Å². The Morgan fingerprint density at radius 2 is 2.07 bits per heavy atom. The Hall–Kier alpha value is -2.16. The van der Waals surface area contributed by atoms with E-state index < -0.39 is 0 Å². The number of ether oxygens (including phenoxy) is 2. The lowest BCUT2D eigenvalue weighted by Gasteiger charge is -2.32. The monoisotopic (exact) mass is 415 g/mol. The molecule has 0 spiro atoms. The summed E-state index contributed by atoms with van der Waals surface area (Å²) in [6.07, 6.45) is 2.58. The summed E-state index contributed by atoms with van der Waals surface area (Å²) >= 11 is 0. The lowest BCUT2D eigenvalue weighted by atomic mass is 10.2. The van der Waals surface area contributed by atoms with Crippen molar-refractivity contribution < 1.29 is 14.3 Å². The number of amides is 1. The average molecular weight is 416 g/mol. The summed E-state index contributed by atoms with van der Waals surface area (Å²) in [7, 11) is 1.84. The van der Waals surface area contributed by atoms with Crippen LogP contribution in [-0.2, 0) is 20.8 Å². The Morgan fingerprint density at radius 1 is 1.20 bits per heavy atom. The molecule has 3 aliphatic heterocycles. The van der Waals surface area contributed by atoms with Crippen molar-refractivity contribution in [3.63, 3.8) is 0 Å². The number of morpholine rings is 1. The van der Waals surface area contributed by atoms with Crippen LogP contribution in [0.2, 0.25) is 0 Å². The molecule has 30 heavy (non-hydrogen) atoms. The van der Waals surface area contributed by atoms with Crippen LogP contribution in [0.3, 0.4) is 0 Å². The van der Waals surface area contributed by atoms with E-state index in [1.165, 1.54) is 0 Å². The fourth-order valence-corrected chi connectivity index (χ4v) is 4.45. The summed E-state index contributed by atoms with van der Waals surface area (Å²) in [5.41, 5.74) is 1.91. The smallest absolute Gasteiger partial charge is 0.253 e. The fraction of sp³-hybridized carbons (Fsp3) is 0.636. The van der Waals surface area contributed by atoms with E-state index in [1.54, 1.807) is 0 Å². The first kappa shape index (κ1) is 21.1. The van der Waals surface area contributed by atoms with Crippen LogP contribution < -0.4 is 10.6 Å². The molecule has 3 heterocycles. The normalized spacial score (nSPS) is 25.5. The van der Waals surface area contributed by atoms with Gasteiger partial charge in [-0.3, -0.25) is 14.7 Å². The molecule has 1 aromatic carbocycles. The highest BCUT2D eigenvalue weighted by Gasteiger charge is 2.30. The molecule has 1 aromatic rings. The third-order valence-corrected chi connectivity index (χ3v) is 6.10. The molecule has 2 N–H and O–H groups in total. The van der Waals surface area contributed by atoms with Gasteiger partial charge in [0, 0.05) is 58.1 Å². The predicted molar refractivity (Wildman–Crippen MR) is 117 cm³/mol. The zero-order valence-corrected chi connectivity index (χ0v) is 17.8. The highest BCUT2D eigenvalue weighted by molar-refractivity contribution is 5.94. The number of anilines is 1. The molecule has 3 saturated heterocycles. The number of aliphatic imine (C=N–C) groups is 1. The molecule has 164 valence electrons. The van der Waals surface area contributed by atoms with Gasteiger partial charge in [-0.05, 0) is 37.0 Å². The molecular formula is C22H33N5O3. The van der Waals surface area contributed by atoms with Crippen molar-refractivity contribution in [3.05, 3.63) is 29.8 Å². The topological polar surface area (TPSA) is 78.4 Å². The second kappa shape index (κ2) is 10.2. The first-order valence-corrected chi connectivity index (χ1v) is 11.0. The maximum Gasteiger partial charge on any atom is 0.253 e. The van der Waals surface area contributed by atoms with E-state index in [4.69, 9.17) is 9.47 Å². The zero-order chi connectivity index (χ0) is 20.8. The molecule has 8 heteroatoms. The molecular weight excluding hydrogens is 382 g/mol. The molecule has 4 rings (SSSR count). The molecule has 3 aliphatic rings. The van der Waals surface area contributed by atoms with E-state index in [0.717, 1.165) is 75.9 Å². The number of rotatable bonds is 5. The van der Waals surface area contributed by atoms with Gasteiger partial charge in [-0.1, -0.05) is 12.1 Å². The van der Waals surface area contributed by atoms with Crippen LogP contribution in [0.25, 0.3) is 0 Å². The molecule has 0 bridgehead atoms. The molecule has 0 aliphatic carbocycles. The van der Waals surface area contributed by atoms with Crippen LogP contribution in [-0.4, -0.2) is 86.9 Å². The Kier molecular flexibility index (Phi) is 7.20. The van der Waals surface area contributed by atoms with Crippen LogP contribution in [0.4, 0.5) is 5.69 Å². The van der Waals surface area contributed by atoms with E-state index >= 15 is 0 Å². The number of carbonyl (C=O) groups excluding carboxylic acids is 1. The number of benzene rings is 1. The standard InChI is InChI=1S/C22H33N5O3/c1-23-22(27-8-7-19(16-27)26-9-12-29-13-10-26)24-15-17-4-2-5-18(14-17)25-21(28)20-6-3-11-30-20/h2,4-5,14,19-20H,3,6-13,15-16H2,1H3,(H,23,24)(H,25,28). The van der Waals surface area contributed by atoms with Crippen molar-refractivity contribution in [2.75, 3.05) is 58.4 Å². The highest BCUT2D eigenvalue weighted by Crippen LogP contribution is 2.18. The van der Waals surface area contributed by atoms with Crippen LogP contribution in [0.1, 0.15) is 24.8 Å². The van der Waals surface area contributed by atoms with E-state index in [0.29, 0.717) is 19.2 Å². The summed E-state index contributed by atoms with van der Waals surface area (Å²) in [6.45, 7) is 7.06. The second-order valence-electron chi connectivity index (χ2n) is 8.13. The van der Waals surface area contributed by atoms with Gasteiger partial charge in [0.05, 0.1) is 13.2 Å². The van der Waals surface area contributed by atoms with Gasteiger partial charge in [-0.2, -0.15) is 0 Å². The lowest BCUT2D eigenvalue weighted by Crippen LogP contribution is -2.46. The van der Waals surface area contributed by atoms with Crippen molar-refractivity contribution in [3.8, 4) is 0 Å². The van der Waals surface area contributed by atoms with E-state index in [9.17, 15) is 4.79 Å². The number of carbonyl (C=O) groups is 1. The fourth-order valence-electron chi connectivity index (χ4n) is 4.45. The lowest BCUT2D eigenvalue weighted by molar-refractivity contribution is -0.124. The number of guanidine groups is 1. The quantitative estimate of drug-likeness (QED) is 0.557. The Bertz CT molecular complexity index is 744. The minimum atomic E-state index is -0.319. The van der Waals surface area contributed by atoms with Crippen LogP contribution in [0.5, 0.6) is 0 Å². The van der Waals surface area contributed by atoms with Crippen LogP contribution in [0.15, 0.2) is 29.3 Å². The Balaban J connectivity index is 1.28. The summed E-state index contributed by atoms with van der Waals surface area (Å²) < 4.78 is 10.9. The predicted octanol–water partition coefficient (Wildman–Crippen LogP) is 1.29. The van der Waals surface area contributed by atoms with Gasteiger partial charge in [0.1, 0.15) is 6.10 Å². The first-order valence-electron chi connectivity index (χ1n) is 11.0. The maximum absolute atomic E-state index is 12.3. The molecule has 8 nitrogen and oxygen atoms in total. The van der Waals surface area contributed by atoms with Gasteiger partial charge in [-0.15, -0.1) is 0 Å². The SMILES string of the molecule is CN=C(NCc1cccc(NC(=O)C2CCCO2)c1)N1CCC(N2CCOCC2)C1. The minimum absolute atomic E-state index is 0.0559. The summed E-state index contributed by atoms with van der Waals surface area (Å²) in [4.78, 5) is 21.6. The van der Waals surface area contributed by atoms with Gasteiger partial charge in [0.2, 0.25) is 0 Å². The van der Waals surface area contributed by atoms with Crippen molar-refractivity contribution in [2.45, 2.75) is 38.0 Å². The highest BCUT2D eigenvalue weighted by atomic mass is 16.5. The van der Waals surface area contributed by atoms with Gasteiger partial charge in [0.15, 0.2) is 5.96 Å². The molecule has 0 saturated carbocycles. The third-order valence-electron chi connectivity index (χ3n) is 6.10. The largest absolute Gasteiger partial charge is 0.379 e. The van der Waals surface area contributed by atoms with Crippen molar-refractivity contribution >= 4 is 17.6 Å². The second-order valence-corrected chi connectivity index (χ2v) is 8.13. The van der Waals surface area contributed by atoms with E-state index in [1.807, 2.05) is 25.2 Å². The average Bonchev–Trinajstić information content (AvgIpc) is 3.48. The van der Waals surface area contributed by atoms with Gasteiger partial charge < -0.3 is 25.0 Å². The van der Waals surface area contributed by atoms with E-state index in [2.05, 4.69) is 31.5 Å². The van der Waals surface area contributed by atoms with Crippen molar-refractivity contribution in [1.29, 1.82) is 0 Å². The number of hydrogen-bond acceptors (Lipinski definition) is 5. The Labute approximate surface area is 178 Å². The van der Waals surface area contributed by atoms with Gasteiger partial charge in [0.25, 0.3) is 5.91 Å². The number of nitrogens with one attached hydrogen (secondary N) is 2. The zero-order valence-electron chi connectivity index (χ0n) is 17.8. The number of likely N-dealkylation sites (tertiary alicyclic amines) is 1. The summed E-state index contributed by atoms with van der Waals surface area (Å²) in [6, 6.07) is 8.52. The Morgan fingerprint density at radius 3 is 2.83 bits per heavy atom. The molecule has 2 unspecified atom stereocenters. The van der Waals surface area contributed by atoms with Crippen LogP contribution >= 0.6 is 0 Å². The van der Waals surface area contributed by atoms with Crippen LogP contribution in [0, 0.1) is 0 Å². The molecule has 1 amide bonds. The summed E-state index contributed by atoms with van der Waals surface area (Å²) in [5.74, 6) is 0.874.